The summed E-state index contributed by atoms with van der Waals surface area (Å²) < 4.78 is 10.7. The van der Waals surface area contributed by atoms with Crippen molar-refractivity contribution in [3.8, 4) is 11.5 Å². The highest BCUT2D eigenvalue weighted by Gasteiger charge is 2.35. The standard InChI is InChI=1S/C18H23N5O3.C6H5Cl/c1-25-14-9-12-13(10-15(14)26-2)20-18(21-16(12)19)23-7-5-22(6-8-23)17(24)11-3-4-11;7-6-4-2-1-3-5-6/h9-11H,3-8H2,1-2H3,(H2,19,20,21);1-5H. The smallest absolute Gasteiger partial charge is 0.228 e. The van der Waals surface area contributed by atoms with E-state index in [1.807, 2.05) is 41.3 Å². The number of fused-ring (bicyclic) bond motifs is 1. The Morgan fingerprint density at radius 3 is 2.18 bits per heavy atom. The maximum absolute atomic E-state index is 12.2. The Balaban J connectivity index is 0.000000318. The van der Waals surface area contributed by atoms with Gasteiger partial charge in [0.2, 0.25) is 11.9 Å². The number of piperazine rings is 1. The monoisotopic (exact) mass is 469 g/mol. The molecule has 1 aromatic heterocycles. The number of nitrogen functional groups attached to an aromatic ring is 1. The number of halogens is 1. The Labute approximate surface area is 198 Å². The fraction of sp³-hybridized carbons (Fsp3) is 0.375. The molecule has 9 heteroatoms. The highest BCUT2D eigenvalue weighted by atomic mass is 35.5. The van der Waals surface area contributed by atoms with Crippen LogP contribution < -0.4 is 20.1 Å². The first-order valence-corrected chi connectivity index (χ1v) is 11.3. The van der Waals surface area contributed by atoms with Crippen molar-refractivity contribution >= 4 is 40.2 Å². The molecule has 2 aliphatic rings. The largest absolute Gasteiger partial charge is 0.493 e. The van der Waals surface area contributed by atoms with Crippen molar-refractivity contribution < 1.29 is 14.3 Å². The van der Waals surface area contributed by atoms with E-state index < -0.39 is 0 Å². The van der Waals surface area contributed by atoms with Crippen LogP contribution >= 0.6 is 11.6 Å². The molecule has 5 rings (SSSR count). The van der Waals surface area contributed by atoms with Gasteiger partial charge in [0.05, 0.1) is 19.7 Å². The molecule has 2 N–H and O–H groups in total. The topological polar surface area (TPSA) is 93.8 Å². The Hall–Kier alpha value is -3.26. The van der Waals surface area contributed by atoms with E-state index in [0.717, 1.165) is 23.3 Å². The van der Waals surface area contributed by atoms with Gasteiger partial charge >= 0.3 is 0 Å². The van der Waals surface area contributed by atoms with E-state index in [9.17, 15) is 4.79 Å². The third-order valence-electron chi connectivity index (χ3n) is 5.75. The van der Waals surface area contributed by atoms with Gasteiger partial charge in [0.25, 0.3) is 0 Å². The zero-order valence-electron chi connectivity index (χ0n) is 18.8. The summed E-state index contributed by atoms with van der Waals surface area (Å²) in [6, 6.07) is 13.0. The fourth-order valence-corrected chi connectivity index (χ4v) is 3.88. The Morgan fingerprint density at radius 1 is 1.00 bits per heavy atom. The molecule has 8 nitrogen and oxygen atoms in total. The molecule has 2 heterocycles. The molecule has 2 aromatic carbocycles. The number of hydrogen-bond acceptors (Lipinski definition) is 7. The van der Waals surface area contributed by atoms with Crippen molar-refractivity contribution in [1.82, 2.24) is 14.9 Å². The first-order valence-electron chi connectivity index (χ1n) is 10.9. The van der Waals surface area contributed by atoms with Gasteiger partial charge in [-0.1, -0.05) is 29.8 Å². The molecule has 1 saturated carbocycles. The van der Waals surface area contributed by atoms with Crippen molar-refractivity contribution in [2.45, 2.75) is 12.8 Å². The minimum Gasteiger partial charge on any atom is -0.493 e. The molecule has 1 amide bonds. The number of anilines is 2. The first-order chi connectivity index (χ1) is 16.0. The number of carbonyl (C=O) groups excluding carboxylic acids is 1. The van der Waals surface area contributed by atoms with Gasteiger partial charge in [-0.3, -0.25) is 4.79 Å². The molecule has 0 bridgehead atoms. The number of amides is 1. The molecule has 0 atom stereocenters. The molecule has 0 unspecified atom stereocenters. The van der Waals surface area contributed by atoms with Gasteiger partial charge in [-0.15, -0.1) is 0 Å². The predicted molar refractivity (Wildman–Crippen MR) is 130 cm³/mol. The van der Waals surface area contributed by atoms with Crippen LogP contribution in [0.3, 0.4) is 0 Å². The van der Waals surface area contributed by atoms with Crippen molar-refractivity contribution in [3.63, 3.8) is 0 Å². The van der Waals surface area contributed by atoms with Crippen LogP contribution in [0.4, 0.5) is 11.8 Å². The minimum atomic E-state index is 0.261. The van der Waals surface area contributed by atoms with Crippen LogP contribution in [0.2, 0.25) is 5.02 Å². The molecular formula is C24H28ClN5O3. The number of rotatable bonds is 4. The summed E-state index contributed by atoms with van der Waals surface area (Å²) in [6.07, 6.45) is 2.07. The third-order valence-corrected chi connectivity index (χ3v) is 6.00. The Morgan fingerprint density at radius 2 is 1.64 bits per heavy atom. The van der Waals surface area contributed by atoms with Crippen LogP contribution in [0, 0.1) is 5.92 Å². The van der Waals surface area contributed by atoms with Gasteiger partial charge < -0.3 is 25.0 Å². The lowest BCUT2D eigenvalue weighted by Gasteiger charge is -2.35. The average Bonchev–Trinajstić information content (AvgIpc) is 3.69. The van der Waals surface area contributed by atoms with E-state index in [0.29, 0.717) is 60.9 Å². The molecule has 3 aromatic rings. The summed E-state index contributed by atoms with van der Waals surface area (Å²) in [7, 11) is 3.17. The van der Waals surface area contributed by atoms with Gasteiger partial charge in [-0.05, 0) is 31.0 Å². The number of nitrogens with zero attached hydrogens (tertiary/aromatic N) is 4. The molecule has 33 heavy (non-hydrogen) atoms. The van der Waals surface area contributed by atoms with Crippen LogP contribution in [0.5, 0.6) is 11.5 Å². The summed E-state index contributed by atoms with van der Waals surface area (Å²) in [4.78, 5) is 25.3. The SMILES string of the molecule is COc1cc2nc(N3CCN(C(=O)C4CC4)CC3)nc(N)c2cc1OC.Clc1ccccc1. The first kappa shape index (κ1) is 22.9. The quantitative estimate of drug-likeness (QED) is 0.623. The molecule has 174 valence electrons. The average molecular weight is 470 g/mol. The number of ether oxygens (including phenoxy) is 2. The van der Waals surface area contributed by atoms with Crippen molar-refractivity contribution in [2.75, 3.05) is 51.0 Å². The van der Waals surface area contributed by atoms with Crippen molar-refractivity contribution in [3.05, 3.63) is 47.5 Å². The highest BCUT2D eigenvalue weighted by Crippen LogP contribution is 2.34. The van der Waals surface area contributed by atoms with E-state index in [-0.39, 0.29) is 5.92 Å². The van der Waals surface area contributed by atoms with Crippen LogP contribution in [0.15, 0.2) is 42.5 Å². The molecule has 1 aliphatic carbocycles. The lowest BCUT2D eigenvalue weighted by Crippen LogP contribution is -2.49. The zero-order chi connectivity index (χ0) is 23.4. The molecule has 0 radical (unpaired) electrons. The normalized spacial score (nSPS) is 15.6. The predicted octanol–water partition coefficient (Wildman–Crippen LogP) is 3.63. The maximum Gasteiger partial charge on any atom is 0.228 e. The third kappa shape index (κ3) is 5.39. The number of benzene rings is 2. The fourth-order valence-electron chi connectivity index (χ4n) is 3.74. The molecular weight excluding hydrogens is 442 g/mol. The summed E-state index contributed by atoms with van der Waals surface area (Å²) >= 11 is 5.54. The summed E-state index contributed by atoms with van der Waals surface area (Å²) in [5, 5.41) is 1.52. The number of aromatic nitrogens is 2. The number of hydrogen-bond donors (Lipinski definition) is 1. The van der Waals surface area contributed by atoms with Crippen LogP contribution in [0.25, 0.3) is 10.9 Å². The van der Waals surface area contributed by atoms with E-state index >= 15 is 0 Å². The van der Waals surface area contributed by atoms with Gasteiger partial charge in [0.15, 0.2) is 11.5 Å². The maximum atomic E-state index is 12.2. The summed E-state index contributed by atoms with van der Waals surface area (Å²) in [5.74, 6) is 2.74. The van der Waals surface area contributed by atoms with Gasteiger partial charge in [0, 0.05) is 48.6 Å². The number of methoxy groups -OCH3 is 2. The van der Waals surface area contributed by atoms with Gasteiger partial charge in [0.1, 0.15) is 5.82 Å². The second kappa shape index (κ2) is 10.1. The molecule has 1 aliphatic heterocycles. The lowest BCUT2D eigenvalue weighted by molar-refractivity contribution is -0.132. The Bertz CT molecular complexity index is 1120. The van der Waals surface area contributed by atoms with Crippen molar-refractivity contribution in [2.24, 2.45) is 5.92 Å². The Kier molecular flexibility index (Phi) is 7.03. The second-order valence-electron chi connectivity index (χ2n) is 8.02. The number of carbonyl (C=O) groups is 1. The molecule has 1 saturated heterocycles. The van der Waals surface area contributed by atoms with E-state index in [4.69, 9.17) is 26.8 Å². The molecule has 0 spiro atoms. The van der Waals surface area contributed by atoms with Crippen LogP contribution in [-0.4, -0.2) is 61.2 Å². The highest BCUT2D eigenvalue weighted by molar-refractivity contribution is 6.30. The van der Waals surface area contributed by atoms with E-state index in [1.165, 1.54) is 0 Å². The minimum absolute atomic E-state index is 0.261. The van der Waals surface area contributed by atoms with Crippen LogP contribution in [0.1, 0.15) is 12.8 Å². The van der Waals surface area contributed by atoms with Crippen LogP contribution in [-0.2, 0) is 4.79 Å². The van der Waals surface area contributed by atoms with Gasteiger partial charge in [-0.2, -0.15) is 4.98 Å². The summed E-state index contributed by atoms with van der Waals surface area (Å²) in [6.45, 7) is 2.80. The number of nitrogens with two attached hydrogens (primary N) is 1. The zero-order valence-corrected chi connectivity index (χ0v) is 19.6. The lowest BCUT2D eigenvalue weighted by atomic mass is 10.2. The van der Waals surface area contributed by atoms with Crippen molar-refractivity contribution in [1.29, 1.82) is 0 Å². The molecule has 2 fully saturated rings. The second-order valence-corrected chi connectivity index (χ2v) is 8.45. The van der Waals surface area contributed by atoms with E-state index in [2.05, 4.69) is 14.9 Å². The van der Waals surface area contributed by atoms with Gasteiger partial charge in [-0.25, -0.2) is 4.98 Å². The summed E-state index contributed by atoms with van der Waals surface area (Å²) in [5.41, 5.74) is 6.87. The van der Waals surface area contributed by atoms with E-state index in [1.54, 1.807) is 20.3 Å².